The lowest BCUT2D eigenvalue weighted by Gasteiger charge is -2.31. The summed E-state index contributed by atoms with van der Waals surface area (Å²) in [6, 6.07) is 1.79. The van der Waals surface area contributed by atoms with Gasteiger partial charge in [-0.05, 0) is 19.8 Å². The van der Waals surface area contributed by atoms with Crippen LogP contribution in [0, 0.1) is 0 Å². The highest BCUT2D eigenvalue weighted by molar-refractivity contribution is 9.09. The standard InChI is InChI=1S/C13H20BrN3O2/c1-2-18-12-3-7-15-13(16-12)17-8-4-11(5-9-17)19-10-6-14/h3,7,11H,2,4-6,8-10H2,1H3. The van der Waals surface area contributed by atoms with Crippen molar-refractivity contribution in [2.24, 2.45) is 0 Å². The van der Waals surface area contributed by atoms with Crippen molar-refractivity contribution in [3.05, 3.63) is 12.3 Å². The summed E-state index contributed by atoms with van der Waals surface area (Å²) in [5.74, 6) is 1.40. The van der Waals surface area contributed by atoms with E-state index in [1.54, 1.807) is 12.3 Å². The quantitative estimate of drug-likeness (QED) is 0.749. The molecule has 1 fully saturated rings. The minimum atomic E-state index is 0.365. The number of anilines is 1. The molecule has 0 bridgehead atoms. The van der Waals surface area contributed by atoms with Gasteiger partial charge in [-0.3, -0.25) is 0 Å². The van der Waals surface area contributed by atoms with E-state index >= 15 is 0 Å². The number of hydrogen-bond acceptors (Lipinski definition) is 5. The largest absolute Gasteiger partial charge is 0.478 e. The fourth-order valence-corrected chi connectivity index (χ4v) is 2.33. The predicted octanol–water partition coefficient (Wildman–Crippen LogP) is 2.26. The molecule has 1 saturated heterocycles. The van der Waals surface area contributed by atoms with Gasteiger partial charge in [-0.15, -0.1) is 0 Å². The first-order valence-corrected chi connectivity index (χ1v) is 7.84. The van der Waals surface area contributed by atoms with Crippen molar-refractivity contribution in [3.8, 4) is 5.88 Å². The fourth-order valence-electron chi connectivity index (χ4n) is 2.15. The molecule has 0 radical (unpaired) electrons. The van der Waals surface area contributed by atoms with Crippen LogP contribution < -0.4 is 9.64 Å². The Balaban J connectivity index is 1.88. The molecule has 0 spiro atoms. The van der Waals surface area contributed by atoms with Crippen LogP contribution >= 0.6 is 15.9 Å². The molecule has 0 N–H and O–H groups in total. The van der Waals surface area contributed by atoms with Gasteiger partial charge in [0.1, 0.15) is 0 Å². The van der Waals surface area contributed by atoms with E-state index in [0.717, 1.165) is 43.8 Å². The minimum Gasteiger partial charge on any atom is -0.478 e. The lowest BCUT2D eigenvalue weighted by atomic mass is 10.1. The summed E-state index contributed by atoms with van der Waals surface area (Å²) in [4.78, 5) is 10.9. The van der Waals surface area contributed by atoms with Crippen LogP contribution in [0.2, 0.25) is 0 Å². The van der Waals surface area contributed by atoms with Gasteiger partial charge in [0.15, 0.2) is 0 Å². The van der Waals surface area contributed by atoms with Crippen LogP contribution in [0.5, 0.6) is 5.88 Å². The molecule has 0 atom stereocenters. The van der Waals surface area contributed by atoms with Gasteiger partial charge in [0, 0.05) is 30.7 Å². The molecule has 0 saturated carbocycles. The number of piperidine rings is 1. The zero-order chi connectivity index (χ0) is 13.5. The Bertz CT molecular complexity index is 384. The summed E-state index contributed by atoms with van der Waals surface area (Å²) < 4.78 is 11.1. The Morgan fingerprint density at radius 3 is 2.89 bits per heavy atom. The zero-order valence-electron chi connectivity index (χ0n) is 11.2. The molecule has 0 aliphatic carbocycles. The van der Waals surface area contributed by atoms with E-state index in [1.165, 1.54) is 0 Å². The second kappa shape index (κ2) is 7.65. The molecule has 0 aromatic carbocycles. The number of alkyl halides is 1. The molecule has 6 heteroatoms. The minimum absolute atomic E-state index is 0.365. The van der Waals surface area contributed by atoms with E-state index in [-0.39, 0.29) is 0 Å². The van der Waals surface area contributed by atoms with Crippen molar-refractivity contribution < 1.29 is 9.47 Å². The van der Waals surface area contributed by atoms with Crippen LogP contribution in [0.4, 0.5) is 5.95 Å². The molecule has 1 aromatic rings. The van der Waals surface area contributed by atoms with Gasteiger partial charge < -0.3 is 14.4 Å². The second-order valence-corrected chi connectivity index (χ2v) is 5.17. The third kappa shape index (κ3) is 4.31. The van der Waals surface area contributed by atoms with E-state index in [4.69, 9.17) is 9.47 Å². The topological polar surface area (TPSA) is 47.5 Å². The highest BCUT2D eigenvalue weighted by Crippen LogP contribution is 2.19. The molecule has 1 aliphatic rings. The van der Waals surface area contributed by atoms with Gasteiger partial charge in [0.2, 0.25) is 11.8 Å². The summed E-state index contributed by atoms with van der Waals surface area (Å²) in [5.41, 5.74) is 0. The van der Waals surface area contributed by atoms with E-state index in [2.05, 4.69) is 30.8 Å². The Kier molecular flexibility index (Phi) is 5.85. The average Bonchev–Trinajstić information content (AvgIpc) is 2.46. The summed E-state index contributed by atoms with van der Waals surface area (Å²) >= 11 is 3.38. The summed E-state index contributed by atoms with van der Waals surface area (Å²) in [5, 5.41) is 0.896. The lowest BCUT2D eigenvalue weighted by molar-refractivity contribution is 0.0479. The van der Waals surface area contributed by atoms with Crippen molar-refractivity contribution in [2.45, 2.75) is 25.9 Å². The molecule has 106 valence electrons. The van der Waals surface area contributed by atoms with E-state index in [1.807, 2.05) is 6.92 Å². The van der Waals surface area contributed by atoms with E-state index in [9.17, 15) is 0 Å². The third-order valence-corrected chi connectivity index (χ3v) is 3.39. The average molecular weight is 330 g/mol. The Morgan fingerprint density at radius 2 is 2.21 bits per heavy atom. The number of hydrogen-bond donors (Lipinski definition) is 0. The highest BCUT2D eigenvalue weighted by Gasteiger charge is 2.21. The van der Waals surface area contributed by atoms with Crippen LogP contribution in [0.15, 0.2) is 12.3 Å². The van der Waals surface area contributed by atoms with Crippen LogP contribution in [0.3, 0.4) is 0 Å². The normalized spacial score (nSPS) is 16.6. The number of ether oxygens (including phenoxy) is 2. The van der Waals surface area contributed by atoms with Crippen molar-refractivity contribution in [2.75, 3.05) is 36.5 Å². The first kappa shape index (κ1) is 14.5. The van der Waals surface area contributed by atoms with Crippen molar-refractivity contribution in [1.29, 1.82) is 0 Å². The molecule has 5 nitrogen and oxygen atoms in total. The van der Waals surface area contributed by atoms with Crippen LogP contribution in [-0.4, -0.2) is 47.7 Å². The van der Waals surface area contributed by atoms with E-state index in [0.29, 0.717) is 18.6 Å². The smallest absolute Gasteiger partial charge is 0.228 e. The maximum absolute atomic E-state index is 5.74. The molecule has 0 amide bonds. The first-order valence-electron chi connectivity index (χ1n) is 6.72. The van der Waals surface area contributed by atoms with Crippen LogP contribution in [0.25, 0.3) is 0 Å². The SMILES string of the molecule is CCOc1ccnc(N2CCC(OCCBr)CC2)n1. The maximum Gasteiger partial charge on any atom is 0.228 e. The van der Waals surface area contributed by atoms with E-state index < -0.39 is 0 Å². The van der Waals surface area contributed by atoms with Gasteiger partial charge in [-0.25, -0.2) is 4.98 Å². The first-order chi connectivity index (χ1) is 9.33. The predicted molar refractivity (Wildman–Crippen MR) is 78.2 cm³/mol. The van der Waals surface area contributed by atoms with Crippen molar-refractivity contribution in [1.82, 2.24) is 9.97 Å². The van der Waals surface area contributed by atoms with Crippen molar-refractivity contribution in [3.63, 3.8) is 0 Å². The molecular weight excluding hydrogens is 310 g/mol. The third-order valence-electron chi connectivity index (χ3n) is 3.07. The highest BCUT2D eigenvalue weighted by atomic mass is 79.9. The van der Waals surface area contributed by atoms with Gasteiger partial charge >= 0.3 is 0 Å². The molecular formula is C13H20BrN3O2. The summed E-state index contributed by atoms with van der Waals surface area (Å²) in [6.07, 6.45) is 4.16. The molecule has 0 unspecified atom stereocenters. The second-order valence-electron chi connectivity index (χ2n) is 4.37. The number of aromatic nitrogens is 2. The lowest BCUT2D eigenvalue weighted by Crippen LogP contribution is -2.38. The number of rotatable bonds is 6. The van der Waals surface area contributed by atoms with Gasteiger partial charge in [0.25, 0.3) is 0 Å². The van der Waals surface area contributed by atoms with Crippen molar-refractivity contribution >= 4 is 21.9 Å². The number of nitrogens with zero attached hydrogens (tertiary/aromatic N) is 3. The van der Waals surface area contributed by atoms with Gasteiger partial charge in [0.05, 0.1) is 19.3 Å². The van der Waals surface area contributed by atoms with Gasteiger partial charge in [-0.2, -0.15) is 4.98 Å². The fraction of sp³-hybridized carbons (Fsp3) is 0.692. The Labute approximate surface area is 122 Å². The number of halogens is 1. The molecule has 2 rings (SSSR count). The molecule has 1 aliphatic heterocycles. The summed E-state index contributed by atoms with van der Waals surface area (Å²) in [7, 11) is 0. The zero-order valence-corrected chi connectivity index (χ0v) is 12.8. The molecule has 19 heavy (non-hydrogen) atoms. The van der Waals surface area contributed by atoms with Gasteiger partial charge in [-0.1, -0.05) is 15.9 Å². The Morgan fingerprint density at radius 1 is 1.42 bits per heavy atom. The summed E-state index contributed by atoms with van der Waals surface area (Å²) in [6.45, 7) is 5.22. The molecule has 2 heterocycles. The Hall–Kier alpha value is -0.880. The monoisotopic (exact) mass is 329 g/mol. The van der Waals surface area contributed by atoms with Crippen LogP contribution in [-0.2, 0) is 4.74 Å². The maximum atomic E-state index is 5.74. The molecule has 1 aromatic heterocycles. The van der Waals surface area contributed by atoms with Crippen LogP contribution in [0.1, 0.15) is 19.8 Å².